The number of amides is 2. The van der Waals surface area contributed by atoms with Gasteiger partial charge in [0.05, 0.1) is 25.8 Å². The highest BCUT2D eigenvalue weighted by molar-refractivity contribution is 5.92. The standard InChI is InChI=1S/C16H25N7O3/c24-14(22-5-1-2-16(12-22)11-18-15(25)26-16)13-10-23(20-19-13)9-8-21-6-3-17-4-7-21/h10,17H,1-9,11-12H2,(H,18,25). The number of piperazine rings is 1. The Morgan fingerprint density at radius 1 is 1.27 bits per heavy atom. The Bertz CT molecular complexity index is 673. The van der Waals surface area contributed by atoms with Crippen LogP contribution in [0.5, 0.6) is 0 Å². The molecule has 4 heterocycles. The fourth-order valence-electron chi connectivity index (χ4n) is 3.85. The van der Waals surface area contributed by atoms with Gasteiger partial charge in [0.2, 0.25) is 0 Å². The topological polar surface area (TPSA) is 105 Å². The van der Waals surface area contributed by atoms with Gasteiger partial charge in [-0.3, -0.25) is 14.4 Å². The van der Waals surface area contributed by atoms with Crippen LogP contribution in [0.1, 0.15) is 23.3 Å². The molecule has 3 aliphatic rings. The van der Waals surface area contributed by atoms with E-state index in [-0.39, 0.29) is 5.91 Å². The first-order chi connectivity index (χ1) is 12.6. The summed E-state index contributed by atoms with van der Waals surface area (Å²) in [6.07, 6.45) is 2.88. The zero-order valence-corrected chi connectivity index (χ0v) is 14.8. The summed E-state index contributed by atoms with van der Waals surface area (Å²) in [5.74, 6) is -0.152. The van der Waals surface area contributed by atoms with Gasteiger partial charge < -0.3 is 20.3 Å². The highest BCUT2D eigenvalue weighted by Gasteiger charge is 2.45. The molecule has 3 saturated heterocycles. The smallest absolute Gasteiger partial charge is 0.407 e. The van der Waals surface area contributed by atoms with Crippen molar-refractivity contribution in [2.75, 3.05) is 52.4 Å². The normalized spacial score (nSPS) is 26.8. The molecule has 26 heavy (non-hydrogen) atoms. The third-order valence-electron chi connectivity index (χ3n) is 5.30. The van der Waals surface area contributed by atoms with Crippen molar-refractivity contribution in [2.24, 2.45) is 0 Å². The third kappa shape index (κ3) is 3.65. The molecule has 0 radical (unpaired) electrons. The molecule has 0 aromatic carbocycles. The Balaban J connectivity index is 1.34. The zero-order chi connectivity index (χ0) is 18.0. The third-order valence-corrected chi connectivity index (χ3v) is 5.30. The molecule has 3 fully saturated rings. The van der Waals surface area contributed by atoms with Crippen molar-refractivity contribution in [3.63, 3.8) is 0 Å². The van der Waals surface area contributed by atoms with Gasteiger partial charge in [-0.15, -0.1) is 5.10 Å². The number of nitrogens with zero attached hydrogens (tertiary/aromatic N) is 5. The van der Waals surface area contributed by atoms with Gasteiger partial charge in [-0.05, 0) is 12.8 Å². The van der Waals surface area contributed by atoms with Crippen molar-refractivity contribution in [3.8, 4) is 0 Å². The molecule has 10 heteroatoms. The Kier molecular flexibility index (Phi) is 4.77. The van der Waals surface area contributed by atoms with E-state index in [0.29, 0.717) is 31.9 Å². The summed E-state index contributed by atoms with van der Waals surface area (Å²) >= 11 is 0. The first kappa shape index (κ1) is 17.2. The van der Waals surface area contributed by atoms with Crippen LogP contribution in [0.15, 0.2) is 6.20 Å². The van der Waals surface area contributed by atoms with Gasteiger partial charge >= 0.3 is 6.09 Å². The molecule has 1 aromatic rings. The average Bonchev–Trinajstić information content (AvgIpc) is 3.27. The molecule has 1 unspecified atom stereocenters. The molecule has 0 bridgehead atoms. The molecule has 0 saturated carbocycles. The minimum Gasteiger partial charge on any atom is -0.439 e. The predicted octanol–water partition coefficient (Wildman–Crippen LogP) is -1.10. The molecule has 10 nitrogen and oxygen atoms in total. The van der Waals surface area contributed by atoms with Crippen LogP contribution in [0.25, 0.3) is 0 Å². The summed E-state index contributed by atoms with van der Waals surface area (Å²) in [7, 11) is 0. The Morgan fingerprint density at radius 2 is 2.12 bits per heavy atom. The Hall–Kier alpha value is -2.20. The van der Waals surface area contributed by atoms with E-state index < -0.39 is 11.7 Å². The molecule has 2 N–H and O–H groups in total. The van der Waals surface area contributed by atoms with E-state index in [1.54, 1.807) is 15.8 Å². The van der Waals surface area contributed by atoms with Crippen molar-refractivity contribution in [2.45, 2.75) is 25.0 Å². The fraction of sp³-hybridized carbons (Fsp3) is 0.750. The number of likely N-dealkylation sites (tertiary alicyclic amines) is 1. The molecule has 1 spiro atoms. The maximum absolute atomic E-state index is 12.8. The second kappa shape index (κ2) is 7.20. The van der Waals surface area contributed by atoms with Gasteiger partial charge in [0.1, 0.15) is 5.60 Å². The van der Waals surface area contributed by atoms with Gasteiger partial charge in [0.15, 0.2) is 5.69 Å². The van der Waals surface area contributed by atoms with Gasteiger partial charge in [0.25, 0.3) is 5.91 Å². The first-order valence-corrected chi connectivity index (χ1v) is 9.23. The van der Waals surface area contributed by atoms with E-state index in [4.69, 9.17) is 4.74 Å². The molecule has 1 aromatic heterocycles. The molecule has 0 aliphatic carbocycles. The number of carbonyl (C=O) groups is 2. The van der Waals surface area contributed by atoms with Crippen LogP contribution in [0.2, 0.25) is 0 Å². The SMILES string of the molecule is O=C1NCC2(CCCN(C(=O)c3cn(CCN4CCNCC4)nn3)C2)O1. The zero-order valence-electron chi connectivity index (χ0n) is 14.8. The molecule has 4 rings (SSSR count). The van der Waals surface area contributed by atoms with E-state index in [1.807, 2.05) is 0 Å². The number of alkyl carbamates (subject to hydrolysis) is 1. The highest BCUT2D eigenvalue weighted by Crippen LogP contribution is 2.28. The molecule has 142 valence electrons. The maximum atomic E-state index is 12.8. The summed E-state index contributed by atoms with van der Waals surface area (Å²) in [5, 5.41) is 14.2. The average molecular weight is 363 g/mol. The van der Waals surface area contributed by atoms with Crippen LogP contribution < -0.4 is 10.6 Å². The number of hydrogen-bond acceptors (Lipinski definition) is 7. The lowest BCUT2D eigenvalue weighted by Crippen LogP contribution is -2.52. The summed E-state index contributed by atoms with van der Waals surface area (Å²) in [4.78, 5) is 28.3. The van der Waals surface area contributed by atoms with Crippen LogP contribution in [0.3, 0.4) is 0 Å². The molecule has 1 atom stereocenters. The minimum atomic E-state index is -0.594. The second-order valence-corrected chi connectivity index (χ2v) is 7.21. The molecule has 3 aliphatic heterocycles. The number of carbonyl (C=O) groups excluding carboxylic acids is 2. The van der Waals surface area contributed by atoms with E-state index in [1.165, 1.54) is 0 Å². The fourth-order valence-corrected chi connectivity index (χ4v) is 3.85. The second-order valence-electron chi connectivity index (χ2n) is 7.21. The summed E-state index contributed by atoms with van der Waals surface area (Å²) in [6.45, 7) is 7.19. The lowest BCUT2D eigenvalue weighted by atomic mass is 9.93. The van der Waals surface area contributed by atoms with Crippen molar-refractivity contribution in [3.05, 3.63) is 11.9 Å². The van der Waals surface area contributed by atoms with Gasteiger partial charge in [-0.2, -0.15) is 0 Å². The minimum absolute atomic E-state index is 0.152. The van der Waals surface area contributed by atoms with Crippen LogP contribution in [0.4, 0.5) is 4.79 Å². The van der Waals surface area contributed by atoms with E-state index >= 15 is 0 Å². The summed E-state index contributed by atoms with van der Waals surface area (Å²) < 4.78 is 7.15. The number of ether oxygens (including phenoxy) is 1. The van der Waals surface area contributed by atoms with E-state index in [0.717, 1.165) is 45.6 Å². The first-order valence-electron chi connectivity index (χ1n) is 9.23. The quantitative estimate of drug-likeness (QED) is 0.699. The Morgan fingerprint density at radius 3 is 2.88 bits per heavy atom. The molecular formula is C16H25N7O3. The van der Waals surface area contributed by atoms with Crippen molar-refractivity contribution in [1.29, 1.82) is 0 Å². The Labute approximate surface area is 151 Å². The molecular weight excluding hydrogens is 338 g/mol. The van der Waals surface area contributed by atoms with Crippen LogP contribution in [0, 0.1) is 0 Å². The van der Waals surface area contributed by atoms with Gasteiger partial charge in [0, 0.05) is 39.3 Å². The lowest BCUT2D eigenvalue weighted by Gasteiger charge is -2.37. The number of aromatic nitrogens is 3. The van der Waals surface area contributed by atoms with Crippen molar-refractivity contribution in [1.82, 2.24) is 35.4 Å². The van der Waals surface area contributed by atoms with Crippen molar-refractivity contribution >= 4 is 12.0 Å². The van der Waals surface area contributed by atoms with Gasteiger partial charge in [-0.1, -0.05) is 5.21 Å². The lowest BCUT2D eigenvalue weighted by molar-refractivity contribution is -0.00524. The van der Waals surface area contributed by atoms with Crippen LogP contribution in [-0.2, 0) is 11.3 Å². The largest absolute Gasteiger partial charge is 0.439 e. The summed E-state index contributed by atoms with van der Waals surface area (Å²) in [6, 6.07) is 0. The van der Waals surface area contributed by atoms with E-state index in [9.17, 15) is 9.59 Å². The highest BCUT2D eigenvalue weighted by atomic mass is 16.6. The molecule has 2 amide bonds. The monoisotopic (exact) mass is 363 g/mol. The van der Waals surface area contributed by atoms with Crippen LogP contribution in [-0.4, -0.2) is 94.8 Å². The van der Waals surface area contributed by atoms with Crippen molar-refractivity contribution < 1.29 is 14.3 Å². The number of rotatable bonds is 4. The number of nitrogens with one attached hydrogen (secondary N) is 2. The number of hydrogen-bond donors (Lipinski definition) is 2. The van der Waals surface area contributed by atoms with Gasteiger partial charge in [-0.25, -0.2) is 4.79 Å². The van der Waals surface area contributed by atoms with E-state index in [2.05, 4.69) is 25.8 Å². The van der Waals surface area contributed by atoms with Crippen LogP contribution >= 0.6 is 0 Å². The number of piperidine rings is 1. The maximum Gasteiger partial charge on any atom is 0.407 e. The predicted molar refractivity (Wildman–Crippen MR) is 91.7 cm³/mol. The summed E-state index contributed by atoms with van der Waals surface area (Å²) in [5.41, 5.74) is -0.247.